The molecule has 0 spiro atoms. The second-order valence-corrected chi connectivity index (χ2v) is 4.94. The van der Waals surface area contributed by atoms with Crippen molar-refractivity contribution in [2.75, 3.05) is 18.9 Å². The number of rotatable bonds is 2. The summed E-state index contributed by atoms with van der Waals surface area (Å²) in [5.74, 6) is 0.262. The quantitative estimate of drug-likeness (QED) is 0.848. The SMILES string of the molecule is CN1C[C@H](F)C[C@H]1C(=O)Nc1cccc(Br)n1. The predicted octanol–water partition coefficient (Wildman–Crippen LogP) is 1.82. The van der Waals surface area contributed by atoms with Crippen LogP contribution >= 0.6 is 15.9 Å². The molecule has 2 heterocycles. The lowest BCUT2D eigenvalue weighted by Crippen LogP contribution is -2.37. The molecule has 1 aromatic rings. The van der Waals surface area contributed by atoms with Gasteiger partial charge in [-0.15, -0.1) is 0 Å². The monoisotopic (exact) mass is 301 g/mol. The number of likely N-dealkylation sites (N-methyl/N-ethyl adjacent to an activating group) is 1. The third-order valence-electron chi connectivity index (χ3n) is 2.77. The topological polar surface area (TPSA) is 45.2 Å². The van der Waals surface area contributed by atoms with Gasteiger partial charge in [0.25, 0.3) is 0 Å². The summed E-state index contributed by atoms with van der Waals surface area (Å²) < 4.78 is 13.8. The Morgan fingerprint density at radius 1 is 1.65 bits per heavy atom. The normalized spacial score (nSPS) is 24.9. The van der Waals surface area contributed by atoms with Crippen LogP contribution in [0.15, 0.2) is 22.8 Å². The first-order valence-electron chi connectivity index (χ1n) is 5.34. The molecule has 0 saturated carbocycles. The summed E-state index contributed by atoms with van der Waals surface area (Å²) in [4.78, 5) is 17.7. The smallest absolute Gasteiger partial charge is 0.242 e. The van der Waals surface area contributed by atoms with E-state index in [-0.39, 0.29) is 12.3 Å². The van der Waals surface area contributed by atoms with Crippen LogP contribution in [0.5, 0.6) is 0 Å². The zero-order valence-electron chi connectivity index (χ0n) is 9.36. The van der Waals surface area contributed by atoms with Gasteiger partial charge in [0.1, 0.15) is 16.6 Å². The van der Waals surface area contributed by atoms with Gasteiger partial charge in [-0.3, -0.25) is 9.69 Å². The highest BCUT2D eigenvalue weighted by Crippen LogP contribution is 2.20. The van der Waals surface area contributed by atoms with E-state index >= 15 is 0 Å². The maximum Gasteiger partial charge on any atom is 0.242 e. The second kappa shape index (κ2) is 5.10. The van der Waals surface area contributed by atoms with Crippen molar-refractivity contribution in [2.45, 2.75) is 18.6 Å². The minimum atomic E-state index is -0.925. The van der Waals surface area contributed by atoms with Gasteiger partial charge >= 0.3 is 0 Å². The molecule has 0 radical (unpaired) electrons. The molecule has 1 amide bonds. The molecule has 2 rings (SSSR count). The number of carbonyl (C=O) groups is 1. The fraction of sp³-hybridized carbons (Fsp3) is 0.455. The Hall–Kier alpha value is -1.01. The number of amides is 1. The Morgan fingerprint density at radius 3 is 3.00 bits per heavy atom. The first kappa shape index (κ1) is 12.4. The molecule has 0 aliphatic carbocycles. The van der Waals surface area contributed by atoms with Crippen LogP contribution in [0, 0.1) is 0 Å². The van der Waals surface area contributed by atoms with E-state index in [0.29, 0.717) is 17.0 Å². The molecule has 1 N–H and O–H groups in total. The highest BCUT2D eigenvalue weighted by Gasteiger charge is 2.34. The molecule has 6 heteroatoms. The summed E-state index contributed by atoms with van der Waals surface area (Å²) in [7, 11) is 1.75. The largest absolute Gasteiger partial charge is 0.309 e. The van der Waals surface area contributed by atoms with Crippen LogP contribution in [0.4, 0.5) is 10.2 Å². The van der Waals surface area contributed by atoms with E-state index in [0.717, 1.165) is 0 Å². The summed E-state index contributed by atoms with van der Waals surface area (Å²) in [5, 5.41) is 2.69. The highest BCUT2D eigenvalue weighted by molar-refractivity contribution is 9.10. The van der Waals surface area contributed by atoms with Crippen LogP contribution in [-0.4, -0.2) is 41.6 Å². The summed E-state index contributed by atoms with van der Waals surface area (Å²) >= 11 is 3.22. The molecule has 4 nitrogen and oxygen atoms in total. The summed E-state index contributed by atoms with van der Waals surface area (Å²) in [6.07, 6.45) is -0.678. The van der Waals surface area contributed by atoms with E-state index in [4.69, 9.17) is 0 Å². The van der Waals surface area contributed by atoms with Crippen LogP contribution in [0.2, 0.25) is 0 Å². The zero-order chi connectivity index (χ0) is 12.4. The molecule has 1 aliphatic rings. The number of hydrogen-bond donors (Lipinski definition) is 1. The number of anilines is 1. The molecule has 1 aromatic heterocycles. The van der Waals surface area contributed by atoms with Crippen LogP contribution in [0.3, 0.4) is 0 Å². The Bertz CT molecular complexity index is 429. The highest BCUT2D eigenvalue weighted by atomic mass is 79.9. The molecule has 92 valence electrons. The van der Waals surface area contributed by atoms with Crippen LogP contribution in [-0.2, 0) is 4.79 Å². The first-order chi connectivity index (χ1) is 8.06. The number of alkyl halides is 1. The number of carbonyl (C=O) groups excluding carboxylic acids is 1. The molecule has 0 unspecified atom stereocenters. The molecular weight excluding hydrogens is 289 g/mol. The fourth-order valence-corrected chi connectivity index (χ4v) is 2.27. The van der Waals surface area contributed by atoms with Gasteiger partial charge in [-0.1, -0.05) is 6.07 Å². The molecule has 1 saturated heterocycles. The maximum absolute atomic E-state index is 13.1. The van der Waals surface area contributed by atoms with Crippen molar-refractivity contribution < 1.29 is 9.18 Å². The van der Waals surface area contributed by atoms with E-state index < -0.39 is 12.2 Å². The number of pyridine rings is 1. The van der Waals surface area contributed by atoms with Crippen LogP contribution < -0.4 is 5.32 Å². The third kappa shape index (κ3) is 3.01. The Kier molecular flexibility index (Phi) is 3.73. The van der Waals surface area contributed by atoms with Gasteiger partial charge in [0.2, 0.25) is 5.91 Å². The molecule has 1 aliphatic heterocycles. The number of likely N-dealkylation sites (tertiary alicyclic amines) is 1. The van der Waals surface area contributed by atoms with E-state index in [1.807, 2.05) is 0 Å². The van der Waals surface area contributed by atoms with Crippen molar-refractivity contribution in [1.82, 2.24) is 9.88 Å². The average molecular weight is 302 g/mol. The third-order valence-corrected chi connectivity index (χ3v) is 3.21. The summed E-state index contributed by atoms with van der Waals surface area (Å²) in [6.45, 7) is 0.310. The van der Waals surface area contributed by atoms with E-state index in [1.54, 1.807) is 30.1 Å². The van der Waals surface area contributed by atoms with Gasteiger partial charge in [0.05, 0.1) is 6.04 Å². The van der Waals surface area contributed by atoms with Crippen molar-refractivity contribution >= 4 is 27.7 Å². The molecule has 2 atom stereocenters. The number of hydrogen-bond acceptors (Lipinski definition) is 3. The van der Waals surface area contributed by atoms with Crippen molar-refractivity contribution in [3.05, 3.63) is 22.8 Å². The van der Waals surface area contributed by atoms with Gasteiger partial charge in [-0.05, 0) is 35.1 Å². The number of aromatic nitrogens is 1. The zero-order valence-corrected chi connectivity index (χ0v) is 10.9. The lowest BCUT2D eigenvalue weighted by atomic mass is 10.2. The van der Waals surface area contributed by atoms with Gasteiger partial charge in [-0.25, -0.2) is 9.37 Å². The Morgan fingerprint density at radius 2 is 2.41 bits per heavy atom. The van der Waals surface area contributed by atoms with Crippen molar-refractivity contribution in [2.24, 2.45) is 0 Å². The lowest BCUT2D eigenvalue weighted by Gasteiger charge is -2.17. The molecule has 0 aromatic carbocycles. The van der Waals surface area contributed by atoms with Crippen molar-refractivity contribution in [3.63, 3.8) is 0 Å². The molecule has 1 fully saturated rings. The molecule has 17 heavy (non-hydrogen) atoms. The number of nitrogens with zero attached hydrogens (tertiary/aromatic N) is 2. The lowest BCUT2D eigenvalue weighted by molar-refractivity contribution is -0.120. The van der Waals surface area contributed by atoms with Crippen LogP contribution in [0.25, 0.3) is 0 Å². The molecule has 0 bridgehead atoms. The van der Waals surface area contributed by atoms with Crippen molar-refractivity contribution in [3.8, 4) is 0 Å². The van der Waals surface area contributed by atoms with Gasteiger partial charge in [0, 0.05) is 13.0 Å². The van der Waals surface area contributed by atoms with Gasteiger partial charge < -0.3 is 5.32 Å². The average Bonchev–Trinajstić information content (AvgIpc) is 2.58. The summed E-state index contributed by atoms with van der Waals surface area (Å²) in [6, 6.07) is 4.84. The second-order valence-electron chi connectivity index (χ2n) is 4.12. The minimum Gasteiger partial charge on any atom is -0.309 e. The number of nitrogens with one attached hydrogen (secondary N) is 1. The molecular formula is C11H13BrFN3O. The standard InChI is InChI=1S/C11H13BrFN3O/c1-16-6-7(13)5-8(16)11(17)15-10-4-2-3-9(12)14-10/h2-4,7-8H,5-6H2,1H3,(H,14,15,17)/t7-,8+/m1/s1. The summed E-state index contributed by atoms with van der Waals surface area (Å²) in [5.41, 5.74) is 0. The van der Waals surface area contributed by atoms with E-state index in [1.165, 1.54) is 0 Å². The predicted molar refractivity (Wildman–Crippen MR) is 66.5 cm³/mol. The maximum atomic E-state index is 13.1. The first-order valence-corrected chi connectivity index (χ1v) is 6.13. The van der Waals surface area contributed by atoms with Gasteiger partial charge in [0.15, 0.2) is 0 Å². The number of halogens is 2. The fourth-order valence-electron chi connectivity index (χ4n) is 1.93. The van der Waals surface area contributed by atoms with Gasteiger partial charge in [-0.2, -0.15) is 0 Å². The van der Waals surface area contributed by atoms with E-state index in [2.05, 4.69) is 26.2 Å². The van der Waals surface area contributed by atoms with Crippen molar-refractivity contribution in [1.29, 1.82) is 0 Å². The van der Waals surface area contributed by atoms with Crippen LogP contribution in [0.1, 0.15) is 6.42 Å². The minimum absolute atomic E-state index is 0.210. The Labute approximate surface area is 107 Å². The van der Waals surface area contributed by atoms with E-state index in [9.17, 15) is 9.18 Å². The Balaban J connectivity index is 2.02.